The zero-order valence-corrected chi connectivity index (χ0v) is 11.0. The number of hydrogen-bond donors (Lipinski definition) is 1. The molecular formula is C14H9F2N3S. The summed E-state index contributed by atoms with van der Waals surface area (Å²) in [6.45, 7) is 0. The van der Waals surface area contributed by atoms with E-state index in [1.165, 1.54) is 18.5 Å². The highest BCUT2D eigenvalue weighted by molar-refractivity contribution is 7.99. The SMILES string of the molecule is Nc1ccc2c(Sc3ccc(F)cc3F)ncnc2c1. The second-order valence-corrected chi connectivity index (χ2v) is 5.16. The van der Waals surface area contributed by atoms with Crippen molar-refractivity contribution in [3.8, 4) is 0 Å². The van der Waals surface area contributed by atoms with Gasteiger partial charge in [-0.2, -0.15) is 0 Å². The van der Waals surface area contributed by atoms with Crippen molar-refractivity contribution < 1.29 is 8.78 Å². The number of hydrogen-bond acceptors (Lipinski definition) is 4. The molecule has 0 aliphatic rings. The summed E-state index contributed by atoms with van der Waals surface area (Å²) < 4.78 is 26.6. The van der Waals surface area contributed by atoms with Crippen LogP contribution in [0.15, 0.2) is 52.6 Å². The summed E-state index contributed by atoms with van der Waals surface area (Å²) in [4.78, 5) is 8.58. The first-order chi connectivity index (χ1) is 9.63. The van der Waals surface area contributed by atoms with E-state index in [4.69, 9.17) is 5.73 Å². The average Bonchev–Trinajstić information content (AvgIpc) is 2.41. The summed E-state index contributed by atoms with van der Waals surface area (Å²) in [5.41, 5.74) is 6.98. The highest BCUT2D eigenvalue weighted by atomic mass is 32.2. The lowest BCUT2D eigenvalue weighted by Gasteiger charge is -2.06. The van der Waals surface area contributed by atoms with E-state index in [0.717, 1.165) is 23.2 Å². The molecule has 3 aromatic rings. The molecule has 2 aromatic carbocycles. The van der Waals surface area contributed by atoms with Gasteiger partial charge in [-0.15, -0.1) is 0 Å². The third kappa shape index (κ3) is 2.42. The predicted molar refractivity (Wildman–Crippen MR) is 74.4 cm³/mol. The third-order valence-electron chi connectivity index (χ3n) is 2.72. The molecule has 0 unspecified atom stereocenters. The molecular weight excluding hydrogens is 280 g/mol. The van der Waals surface area contributed by atoms with Gasteiger partial charge in [-0.1, -0.05) is 11.8 Å². The van der Waals surface area contributed by atoms with Gasteiger partial charge in [-0.05, 0) is 30.3 Å². The van der Waals surface area contributed by atoms with Gasteiger partial charge in [0.05, 0.1) is 5.52 Å². The zero-order valence-electron chi connectivity index (χ0n) is 10.2. The third-order valence-corrected chi connectivity index (χ3v) is 3.79. The number of benzene rings is 2. The van der Waals surface area contributed by atoms with Crippen molar-refractivity contribution in [1.29, 1.82) is 0 Å². The Hall–Kier alpha value is -2.21. The number of nitrogen functional groups attached to an aromatic ring is 1. The molecule has 0 aliphatic heterocycles. The lowest BCUT2D eigenvalue weighted by atomic mass is 10.2. The second-order valence-electron chi connectivity index (χ2n) is 4.13. The first kappa shape index (κ1) is 12.8. The van der Waals surface area contributed by atoms with E-state index in [9.17, 15) is 8.78 Å². The molecule has 3 rings (SSSR count). The molecule has 0 aliphatic carbocycles. The smallest absolute Gasteiger partial charge is 0.140 e. The van der Waals surface area contributed by atoms with E-state index < -0.39 is 11.6 Å². The molecule has 6 heteroatoms. The number of halogens is 2. The quantitative estimate of drug-likeness (QED) is 0.578. The lowest BCUT2D eigenvalue weighted by Crippen LogP contribution is -1.91. The van der Waals surface area contributed by atoms with Crippen molar-refractivity contribution in [1.82, 2.24) is 9.97 Å². The molecule has 2 N–H and O–H groups in total. The van der Waals surface area contributed by atoms with Crippen molar-refractivity contribution in [3.05, 3.63) is 54.4 Å². The molecule has 20 heavy (non-hydrogen) atoms. The summed E-state index contributed by atoms with van der Waals surface area (Å²) in [6.07, 6.45) is 1.39. The molecule has 100 valence electrons. The number of anilines is 1. The van der Waals surface area contributed by atoms with Gasteiger partial charge in [0.1, 0.15) is 23.0 Å². The fraction of sp³-hybridized carbons (Fsp3) is 0. The van der Waals surface area contributed by atoms with Crippen LogP contribution in [0.2, 0.25) is 0 Å². The van der Waals surface area contributed by atoms with E-state index in [2.05, 4.69) is 9.97 Å². The van der Waals surface area contributed by atoms with Crippen LogP contribution in [0.3, 0.4) is 0 Å². The van der Waals surface area contributed by atoms with Crippen LogP contribution in [0, 0.1) is 11.6 Å². The first-order valence-electron chi connectivity index (χ1n) is 5.76. The van der Waals surface area contributed by atoms with Crippen molar-refractivity contribution in [2.45, 2.75) is 9.92 Å². The van der Waals surface area contributed by atoms with E-state index >= 15 is 0 Å². The minimum absolute atomic E-state index is 0.309. The Bertz CT molecular complexity index is 792. The Morgan fingerprint density at radius 3 is 2.65 bits per heavy atom. The molecule has 0 spiro atoms. The van der Waals surface area contributed by atoms with Crippen molar-refractivity contribution in [3.63, 3.8) is 0 Å². The van der Waals surface area contributed by atoms with Gasteiger partial charge in [0.2, 0.25) is 0 Å². The molecule has 1 heterocycles. The van der Waals surface area contributed by atoms with Crippen LogP contribution >= 0.6 is 11.8 Å². The van der Waals surface area contributed by atoms with Gasteiger partial charge >= 0.3 is 0 Å². The molecule has 1 aromatic heterocycles. The number of nitrogens with zero attached hydrogens (tertiary/aromatic N) is 2. The normalized spacial score (nSPS) is 10.9. The number of rotatable bonds is 2. The molecule has 3 nitrogen and oxygen atoms in total. The standard InChI is InChI=1S/C14H9F2N3S/c15-8-1-4-13(11(16)5-8)20-14-10-3-2-9(17)6-12(10)18-7-19-14/h1-7H,17H2. The second kappa shape index (κ2) is 5.05. The van der Waals surface area contributed by atoms with E-state index in [0.29, 0.717) is 21.1 Å². The summed E-state index contributed by atoms with van der Waals surface area (Å²) >= 11 is 1.12. The van der Waals surface area contributed by atoms with Crippen LogP contribution in [0.25, 0.3) is 10.9 Å². The Kier molecular flexibility index (Phi) is 3.23. The highest BCUT2D eigenvalue weighted by Crippen LogP contribution is 2.33. The minimum Gasteiger partial charge on any atom is -0.399 e. The number of aromatic nitrogens is 2. The topological polar surface area (TPSA) is 51.8 Å². The molecule has 0 amide bonds. The maximum absolute atomic E-state index is 13.7. The monoisotopic (exact) mass is 289 g/mol. The molecule has 0 radical (unpaired) electrons. The Balaban J connectivity index is 2.06. The summed E-state index contributed by atoms with van der Waals surface area (Å²) in [5.74, 6) is -1.22. The van der Waals surface area contributed by atoms with Gasteiger partial charge in [-0.25, -0.2) is 18.7 Å². The van der Waals surface area contributed by atoms with Gasteiger partial charge < -0.3 is 5.73 Å². The fourth-order valence-electron chi connectivity index (χ4n) is 1.79. The summed E-state index contributed by atoms with van der Waals surface area (Å²) in [7, 11) is 0. The summed E-state index contributed by atoms with van der Waals surface area (Å²) in [5, 5.41) is 1.37. The zero-order chi connectivity index (χ0) is 14.1. The van der Waals surface area contributed by atoms with Gasteiger partial charge in [0.25, 0.3) is 0 Å². The van der Waals surface area contributed by atoms with Crippen molar-refractivity contribution in [2.75, 3.05) is 5.73 Å². The fourth-order valence-corrected chi connectivity index (χ4v) is 2.68. The minimum atomic E-state index is -0.614. The molecule has 0 fully saturated rings. The van der Waals surface area contributed by atoms with Crippen LogP contribution in [-0.2, 0) is 0 Å². The average molecular weight is 289 g/mol. The molecule has 0 bridgehead atoms. The Morgan fingerprint density at radius 2 is 1.85 bits per heavy atom. The van der Waals surface area contributed by atoms with E-state index in [1.807, 2.05) is 0 Å². The maximum Gasteiger partial charge on any atom is 0.140 e. The van der Waals surface area contributed by atoms with Crippen molar-refractivity contribution >= 4 is 28.4 Å². The highest BCUT2D eigenvalue weighted by Gasteiger charge is 2.10. The van der Waals surface area contributed by atoms with Gasteiger partial charge in [-0.3, -0.25) is 0 Å². The number of nitrogens with two attached hydrogens (primary N) is 1. The van der Waals surface area contributed by atoms with Gasteiger partial charge in [0.15, 0.2) is 0 Å². The number of fused-ring (bicyclic) bond motifs is 1. The van der Waals surface area contributed by atoms with Crippen molar-refractivity contribution in [2.24, 2.45) is 0 Å². The molecule has 0 atom stereocenters. The van der Waals surface area contributed by atoms with E-state index in [1.54, 1.807) is 18.2 Å². The predicted octanol–water partition coefficient (Wildman–Crippen LogP) is 3.64. The van der Waals surface area contributed by atoms with Crippen LogP contribution in [0.5, 0.6) is 0 Å². The van der Waals surface area contributed by atoms with Crippen LogP contribution in [-0.4, -0.2) is 9.97 Å². The van der Waals surface area contributed by atoms with E-state index in [-0.39, 0.29) is 0 Å². The molecule has 0 saturated carbocycles. The Morgan fingerprint density at radius 1 is 1.00 bits per heavy atom. The molecule has 0 saturated heterocycles. The van der Waals surface area contributed by atoms with Gasteiger partial charge in [0, 0.05) is 22.0 Å². The lowest BCUT2D eigenvalue weighted by molar-refractivity contribution is 0.565. The van der Waals surface area contributed by atoms with Crippen LogP contribution < -0.4 is 5.73 Å². The van der Waals surface area contributed by atoms with Crippen LogP contribution in [0.1, 0.15) is 0 Å². The summed E-state index contributed by atoms with van der Waals surface area (Å²) in [6, 6.07) is 8.70. The Labute approximate surface area is 117 Å². The van der Waals surface area contributed by atoms with Crippen LogP contribution in [0.4, 0.5) is 14.5 Å². The first-order valence-corrected chi connectivity index (χ1v) is 6.58. The maximum atomic E-state index is 13.7. The largest absolute Gasteiger partial charge is 0.399 e.